The van der Waals surface area contributed by atoms with E-state index in [9.17, 15) is 9.59 Å². The smallest absolute Gasteiger partial charge is 0.221 e. The molecule has 0 bridgehead atoms. The van der Waals surface area contributed by atoms with E-state index >= 15 is 0 Å². The maximum Gasteiger partial charge on any atom is 0.221 e. The van der Waals surface area contributed by atoms with E-state index in [1.807, 2.05) is 16.8 Å². The van der Waals surface area contributed by atoms with E-state index in [1.54, 1.807) is 7.11 Å². The number of carbonyl (C=O) groups excluding carboxylic acids is 2. The van der Waals surface area contributed by atoms with Crippen LogP contribution in [0, 0.1) is 0 Å². The Bertz CT molecular complexity index is 465. The van der Waals surface area contributed by atoms with Crippen molar-refractivity contribution in [1.29, 1.82) is 0 Å². The third-order valence-electron chi connectivity index (χ3n) is 3.40. The first-order valence-corrected chi connectivity index (χ1v) is 6.69. The van der Waals surface area contributed by atoms with E-state index in [0.29, 0.717) is 32.5 Å². The van der Waals surface area contributed by atoms with Crippen molar-refractivity contribution >= 4 is 11.7 Å². The molecule has 1 aliphatic rings. The third-order valence-corrected chi connectivity index (χ3v) is 3.40. The summed E-state index contributed by atoms with van der Waals surface area (Å²) in [6.07, 6.45) is 4.83. The normalized spacial score (nSPS) is 14.3. The molecule has 1 amide bonds. The van der Waals surface area contributed by atoms with Gasteiger partial charge in [0.05, 0.1) is 6.61 Å². The number of nitrogens with zero attached hydrogens (tertiary/aromatic N) is 1. The minimum absolute atomic E-state index is 0.0154. The lowest BCUT2D eigenvalue weighted by molar-refractivity contribution is -0.121. The average molecular weight is 264 g/mol. The molecule has 5 nitrogen and oxygen atoms in total. The predicted molar refractivity (Wildman–Crippen MR) is 71.2 cm³/mol. The Morgan fingerprint density at radius 1 is 1.47 bits per heavy atom. The Morgan fingerprint density at radius 2 is 2.32 bits per heavy atom. The second kappa shape index (κ2) is 6.52. The van der Waals surface area contributed by atoms with Crippen LogP contribution in [0.5, 0.6) is 0 Å². The highest BCUT2D eigenvalue weighted by Crippen LogP contribution is 2.22. The van der Waals surface area contributed by atoms with Crippen LogP contribution in [-0.4, -0.2) is 36.5 Å². The molecule has 1 aromatic heterocycles. The quantitative estimate of drug-likeness (QED) is 0.784. The zero-order valence-electron chi connectivity index (χ0n) is 11.3. The van der Waals surface area contributed by atoms with Crippen molar-refractivity contribution in [2.24, 2.45) is 0 Å². The summed E-state index contributed by atoms with van der Waals surface area (Å²) in [5, 5.41) is 2.79. The van der Waals surface area contributed by atoms with Crippen molar-refractivity contribution in [3.63, 3.8) is 0 Å². The van der Waals surface area contributed by atoms with E-state index in [2.05, 4.69) is 5.32 Å². The van der Waals surface area contributed by atoms with Crippen LogP contribution in [0.3, 0.4) is 0 Å². The van der Waals surface area contributed by atoms with Crippen LogP contribution in [0.25, 0.3) is 0 Å². The van der Waals surface area contributed by atoms with Crippen LogP contribution < -0.4 is 5.32 Å². The second-order valence-corrected chi connectivity index (χ2v) is 4.74. The van der Waals surface area contributed by atoms with Crippen molar-refractivity contribution in [3.8, 4) is 0 Å². The first-order valence-electron chi connectivity index (χ1n) is 6.69. The Kier molecular flexibility index (Phi) is 4.74. The number of amides is 1. The van der Waals surface area contributed by atoms with Gasteiger partial charge in [-0.15, -0.1) is 0 Å². The van der Waals surface area contributed by atoms with Crippen molar-refractivity contribution < 1.29 is 14.3 Å². The van der Waals surface area contributed by atoms with E-state index in [-0.39, 0.29) is 11.7 Å². The fraction of sp³-hybridized carbons (Fsp3) is 0.571. The minimum atomic E-state index is 0.0154. The number of hydrogen-bond donors (Lipinski definition) is 1. The Morgan fingerprint density at radius 3 is 3.11 bits per heavy atom. The summed E-state index contributed by atoms with van der Waals surface area (Å²) in [7, 11) is 1.61. The van der Waals surface area contributed by atoms with Crippen molar-refractivity contribution in [3.05, 3.63) is 23.5 Å². The maximum absolute atomic E-state index is 11.7. The van der Waals surface area contributed by atoms with Gasteiger partial charge >= 0.3 is 0 Å². The number of ether oxygens (including phenoxy) is 1. The number of aryl methyl sites for hydroxylation is 1. The number of methoxy groups -OCH3 is 1. The molecule has 104 valence electrons. The molecule has 0 saturated carbocycles. The van der Waals surface area contributed by atoms with Crippen LogP contribution in [0.2, 0.25) is 0 Å². The molecule has 2 rings (SSSR count). The van der Waals surface area contributed by atoms with E-state index < -0.39 is 0 Å². The number of ketones is 1. The molecule has 1 N–H and O–H groups in total. The van der Waals surface area contributed by atoms with Crippen molar-refractivity contribution in [1.82, 2.24) is 9.88 Å². The molecule has 0 fully saturated rings. The summed E-state index contributed by atoms with van der Waals surface area (Å²) >= 11 is 0. The Hall–Kier alpha value is -1.62. The molecule has 0 radical (unpaired) electrons. The zero-order chi connectivity index (χ0) is 13.7. The molecule has 0 spiro atoms. The Balaban J connectivity index is 1.87. The topological polar surface area (TPSA) is 60.3 Å². The summed E-state index contributed by atoms with van der Waals surface area (Å²) < 4.78 is 6.90. The standard InChI is InChI=1S/C14H20N2O3/c1-19-10-7-15-14(18)6-9-16-8-5-11-12(16)3-2-4-13(11)17/h5,8H,2-4,6-7,9-10H2,1H3,(H,15,18). The Labute approximate surface area is 112 Å². The molecule has 0 aromatic carbocycles. The first-order chi connectivity index (χ1) is 9.22. The summed E-state index contributed by atoms with van der Waals surface area (Å²) in [4.78, 5) is 23.3. The summed E-state index contributed by atoms with van der Waals surface area (Å²) in [5.41, 5.74) is 1.92. The molecule has 19 heavy (non-hydrogen) atoms. The highest BCUT2D eigenvalue weighted by atomic mass is 16.5. The number of aromatic nitrogens is 1. The fourth-order valence-corrected chi connectivity index (χ4v) is 2.40. The van der Waals surface area contributed by atoms with E-state index in [4.69, 9.17) is 4.74 Å². The second-order valence-electron chi connectivity index (χ2n) is 4.74. The van der Waals surface area contributed by atoms with Gasteiger partial charge in [-0.2, -0.15) is 0 Å². The maximum atomic E-state index is 11.7. The molecule has 0 aliphatic heterocycles. The van der Waals surface area contributed by atoms with Crippen LogP contribution in [-0.2, 0) is 22.5 Å². The molecule has 1 aliphatic carbocycles. The SMILES string of the molecule is COCCNC(=O)CCn1ccc2c1CCCC2=O. The molecule has 0 saturated heterocycles. The van der Waals surface area contributed by atoms with Gasteiger partial charge in [0.25, 0.3) is 0 Å². The molecule has 0 unspecified atom stereocenters. The number of rotatable bonds is 6. The van der Waals surface area contributed by atoms with Crippen molar-refractivity contribution in [2.45, 2.75) is 32.2 Å². The van der Waals surface area contributed by atoms with Crippen LogP contribution in [0.1, 0.15) is 35.3 Å². The third kappa shape index (κ3) is 3.44. The molecular weight excluding hydrogens is 244 g/mol. The highest BCUT2D eigenvalue weighted by molar-refractivity contribution is 5.98. The summed E-state index contributed by atoms with van der Waals surface area (Å²) in [6, 6.07) is 1.87. The molecule has 5 heteroatoms. The number of carbonyl (C=O) groups is 2. The van der Waals surface area contributed by atoms with Gasteiger partial charge in [0.1, 0.15) is 0 Å². The van der Waals surface area contributed by atoms with Crippen LogP contribution in [0.4, 0.5) is 0 Å². The van der Waals surface area contributed by atoms with Gasteiger partial charge in [-0.05, 0) is 18.9 Å². The number of nitrogens with one attached hydrogen (secondary N) is 1. The van der Waals surface area contributed by atoms with Gasteiger partial charge < -0.3 is 14.6 Å². The van der Waals surface area contributed by atoms with Gasteiger partial charge in [0, 0.05) is 50.5 Å². The molecule has 1 heterocycles. The predicted octanol–water partition coefficient (Wildman–Crippen LogP) is 1.16. The van der Waals surface area contributed by atoms with Gasteiger partial charge in [-0.25, -0.2) is 0 Å². The van der Waals surface area contributed by atoms with E-state index in [1.165, 1.54) is 0 Å². The number of hydrogen-bond acceptors (Lipinski definition) is 3. The minimum Gasteiger partial charge on any atom is -0.383 e. The monoisotopic (exact) mass is 264 g/mol. The lowest BCUT2D eigenvalue weighted by atomic mass is 9.97. The fourth-order valence-electron chi connectivity index (χ4n) is 2.40. The van der Waals surface area contributed by atoms with Gasteiger partial charge in [-0.3, -0.25) is 9.59 Å². The lowest BCUT2D eigenvalue weighted by Gasteiger charge is -2.14. The van der Waals surface area contributed by atoms with Gasteiger partial charge in [0.2, 0.25) is 5.91 Å². The largest absolute Gasteiger partial charge is 0.383 e. The van der Waals surface area contributed by atoms with Gasteiger partial charge in [0.15, 0.2) is 5.78 Å². The van der Waals surface area contributed by atoms with Crippen LogP contribution >= 0.6 is 0 Å². The molecule has 0 atom stereocenters. The number of Topliss-reactive ketones (excluding diaryl/α,β-unsaturated/α-hetero) is 1. The lowest BCUT2D eigenvalue weighted by Crippen LogP contribution is -2.28. The number of fused-ring (bicyclic) bond motifs is 1. The van der Waals surface area contributed by atoms with Gasteiger partial charge in [-0.1, -0.05) is 0 Å². The highest BCUT2D eigenvalue weighted by Gasteiger charge is 2.20. The zero-order valence-corrected chi connectivity index (χ0v) is 11.3. The first kappa shape index (κ1) is 13.8. The van der Waals surface area contributed by atoms with Crippen molar-refractivity contribution in [2.75, 3.05) is 20.3 Å². The summed E-state index contributed by atoms with van der Waals surface area (Å²) in [6.45, 7) is 1.69. The molecule has 1 aromatic rings. The molecular formula is C14H20N2O3. The van der Waals surface area contributed by atoms with Crippen LogP contribution in [0.15, 0.2) is 12.3 Å². The van der Waals surface area contributed by atoms with E-state index in [0.717, 1.165) is 24.1 Å². The summed E-state index contributed by atoms with van der Waals surface area (Å²) in [5.74, 6) is 0.242. The average Bonchev–Trinajstić information content (AvgIpc) is 2.81.